The van der Waals surface area contributed by atoms with E-state index < -0.39 is 5.91 Å². The van der Waals surface area contributed by atoms with E-state index in [1.165, 1.54) is 16.2 Å². The molecule has 0 fully saturated rings. The van der Waals surface area contributed by atoms with Gasteiger partial charge in [-0.3, -0.25) is 19.7 Å². The van der Waals surface area contributed by atoms with Crippen molar-refractivity contribution in [3.8, 4) is 10.4 Å². The highest BCUT2D eigenvalue weighted by Crippen LogP contribution is 2.33. The number of fused-ring (bicyclic) bond motifs is 1. The zero-order valence-electron chi connectivity index (χ0n) is 21.2. The molecular formula is C29H23Cl2N5O3S. The molecule has 3 N–H and O–H groups in total. The lowest BCUT2D eigenvalue weighted by atomic mass is 10.2. The van der Waals surface area contributed by atoms with E-state index in [2.05, 4.69) is 10.3 Å². The Morgan fingerprint density at radius 1 is 0.975 bits per heavy atom. The van der Waals surface area contributed by atoms with Crippen LogP contribution in [0.25, 0.3) is 21.5 Å². The maximum atomic E-state index is 13.2. The Bertz CT molecular complexity index is 1730. The van der Waals surface area contributed by atoms with Crippen LogP contribution >= 0.6 is 34.5 Å². The topological polar surface area (TPSA) is 110 Å². The van der Waals surface area contributed by atoms with Gasteiger partial charge in [-0.2, -0.15) is 0 Å². The highest BCUT2D eigenvalue weighted by molar-refractivity contribution is 7.17. The van der Waals surface area contributed by atoms with Crippen molar-refractivity contribution in [2.75, 3.05) is 17.3 Å². The van der Waals surface area contributed by atoms with Crippen LogP contribution in [-0.4, -0.2) is 34.3 Å². The molecule has 5 aromatic rings. The molecule has 11 heteroatoms. The van der Waals surface area contributed by atoms with Gasteiger partial charge in [0, 0.05) is 46.2 Å². The van der Waals surface area contributed by atoms with E-state index in [1.54, 1.807) is 78.3 Å². The Kier molecular flexibility index (Phi) is 7.88. The van der Waals surface area contributed by atoms with Gasteiger partial charge in [0.1, 0.15) is 0 Å². The first kappa shape index (κ1) is 27.4. The summed E-state index contributed by atoms with van der Waals surface area (Å²) in [5, 5.41) is 3.86. The molecule has 0 atom stereocenters. The highest BCUT2D eigenvalue weighted by atomic mass is 35.5. The number of thiophene rings is 1. The second-order valence-corrected chi connectivity index (χ2v) is 10.9. The number of nitrogens with two attached hydrogens (primary N) is 1. The largest absolute Gasteiger partial charge is 0.370 e. The number of aromatic nitrogens is 2. The molecule has 0 saturated heterocycles. The second kappa shape index (κ2) is 11.5. The average Bonchev–Trinajstić information content (AvgIpc) is 3.56. The fourth-order valence-electron chi connectivity index (χ4n) is 4.24. The summed E-state index contributed by atoms with van der Waals surface area (Å²) >= 11 is 13.6. The van der Waals surface area contributed by atoms with Crippen LogP contribution in [0.15, 0.2) is 78.9 Å². The van der Waals surface area contributed by atoms with E-state index in [-0.39, 0.29) is 30.7 Å². The van der Waals surface area contributed by atoms with Crippen molar-refractivity contribution in [3.05, 3.63) is 99.3 Å². The smallest absolute Gasteiger partial charge is 0.268 e. The van der Waals surface area contributed by atoms with Crippen molar-refractivity contribution in [2.45, 2.75) is 13.0 Å². The number of amides is 3. The Hall–Kier alpha value is -4.18. The zero-order chi connectivity index (χ0) is 28.4. The van der Waals surface area contributed by atoms with E-state index in [0.29, 0.717) is 37.2 Å². The van der Waals surface area contributed by atoms with Gasteiger partial charge in [0.25, 0.3) is 11.8 Å². The first-order chi connectivity index (χ1) is 19.2. The molecular weight excluding hydrogens is 569 g/mol. The maximum absolute atomic E-state index is 13.2. The van der Waals surface area contributed by atoms with Gasteiger partial charge in [-0.15, -0.1) is 11.3 Å². The number of aryl methyl sites for hydroxylation is 1. The number of imidazole rings is 1. The predicted octanol–water partition coefficient (Wildman–Crippen LogP) is 6.48. The fourth-order valence-corrected chi connectivity index (χ4v) is 5.65. The number of hydrogen-bond acceptors (Lipinski definition) is 5. The first-order valence-electron chi connectivity index (χ1n) is 12.2. The lowest BCUT2D eigenvalue weighted by Gasteiger charge is -2.17. The number of nitrogens with one attached hydrogen (secondary N) is 1. The van der Waals surface area contributed by atoms with Gasteiger partial charge >= 0.3 is 0 Å². The molecule has 0 aliphatic rings. The Morgan fingerprint density at radius 2 is 1.70 bits per heavy atom. The van der Waals surface area contributed by atoms with Gasteiger partial charge < -0.3 is 15.2 Å². The van der Waals surface area contributed by atoms with Gasteiger partial charge in [-0.1, -0.05) is 41.4 Å². The second-order valence-electron chi connectivity index (χ2n) is 8.98. The summed E-state index contributed by atoms with van der Waals surface area (Å²) in [5.74, 6) is -0.754. The lowest BCUT2D eigenvalue weighted by molar-refractivity contribution is -0.118. The molecule has 2 aromatic heterocycles. The molecule has 0 aliphatic heterocycles. The van der Waals surface area contributed by atoms with E-state index in [9.17, 15) is 14.4 Å². The molecule has 2 heterocycles. The predicted molar refractivity (Wildman–Crippen MR) is 160 cm³/mol. The molecule has 3 aromatic carbocycles. The molecule has 0 aliphatic carbocycles. The standard InChI is InChI=1S/C29H23Cl2N5O3S/c1-35(28(39)17-5-3-2-4-6-17)21-7-8-23-22(16-21)33-29(36(23)12-11-26(32)37)34-27(38)25-10-9-24(40-25)18-13-19(30)15-20(31)14-18/h2-10,13-16H,11-12H2,1H3,(H2,32,37)(H,33,34,38). The summed E-state index contributed by atoms with van der Waals surface area (Å²) in [6.45, 7) is 0.219. The minimum atomic E-state index is -0.480. The number of anilines is 2. The van der Waals surface area contributed by atoms with Crippen LogP contribution in [0.4, 0.5) is 11.6 Å². The summed E-state index contributed by atoms with van der Waals surface area (Å²) < 4.78 is 1.73. The van der Waals surface area contributed by atoms with Gasteiger partial charge in [0.15, 0.2) is 0 Å². The molecule has 40 heavy (non-hydrogen) atoms. The number of carbonyl (C=O) groups is 3. The van der Waals surface area contributed by atoms with E-state index in [4.69, 9.17) is 28.9 Å². The Labute approximate surface area is 243 Å². The van der Waals surface area contributed by atoms with Crippen LogP contribution in [0.5, 0.6) is 0 Å². The Balaban J connectivity index is 1.44. The van der Waals surface area contributed by atoms with Crippen molar-refractivity contribution >= 4 is 74.9 Å². The van der Waals surface area contributed by atoms with E-state index >= 15 is 0 Å². The molecule has 3 amide bonds. The quantitative estimate of drug-likeness (QED) is 0.215. The highest BCUT2D eigenvalue weighted by Gasteiger charge is 2.19. The minimum absolute atomic E-state index is 0.0567. The molecule has 0 bridgehead atoms. The van der Waals surface area contributed by atoms with E-state index in [0.717, 1.165) is 10.4 Å². The molecule has 0 unspecified atom stereocenters. The van der Waals surface area contributed by atoms with Crippen LogP contribution in [0.1, 0.15) is 26.5 Å². The fraction of sp³-hybridized carbons (Fsp3) is 0.103. The number of hydrogen-bond donors (Lipinski definition) is 2. The number of rotatable bonds is 8. The number of carbonyl (C=O) groups excluding carboxylic acids is 3. The van der Waals surface area contributed by atoms with Crippen LogP contribution in [0.3, 0.4) is 0 Å². The molecule has 0 saturated carbocycles. The van der Waals surface area contributed by atoms with Crippen LogP contribution in [0, 0.1) is 0 Å². The summed E-state index contributed by atoms with van der Waals surface area (Å²) in [4.78, 5) is 45.2. The van der Waals surface area contributed by atoms with Gasteiger partial charge in [-0.25, -0.2) is 4.98 Å². The Morgan fingerprint density at radius 3 is 2.40 bits per heavy atom. The zero-order valence-corrected chi connectivity index (χ0v) is 23.6. The van der Waals surface area contributed by atoms with Crippen molar-refractivity contribution in [3.63, 3.8) is 0 Å². The van der Waals surface area contributed by atoms with Crippen LogP contribution < -0.4 is 16.0 Å². The number of benzene rings is 3. The SMILES string of the molecule is CN(C(=O)c1ccccc1)c1ccc2c(c1)nc(NC(=O)c1ccc(-c3cc(Cl)cc(Cl)c3)s1)n2CCC(N)=O. The third-order valence-corrected chi connectivity index (χ3v) is 7.80. The first-order valence-corrected chi connectivity index (χ1v) is 13.8. The number of nitrogens with zero attached hydrogens (tertiary/aromatic N) is 3. The van der Waals surface area contributed by atoms with Gasteiger partial charge in [-0.05, 0) is 66.2 Å². The molecule has 0 radical (unpaired) electrons. The molecule has 202 valence electrons. The van der Waals surface area contributed by atoms with Crippen molar-refractivity contribution in [2.24, 2.45) is 5.73 Å². The van der Waals surface area contributed by atoms with E-state index in [1.807, 2.05) is 12.1 Å². The average molecular weight is 593 g/mol. The normalized spacial score (nSPS) is 11.0. The van der Waals surface area contributed by atoms with Crippen LogP contribution in [-0.2, 0) is 11.3 Å². The molecule has 0 spiro atoms. The molecule has 5 rings (SSSR count). The van der Waals surface area contributed by atoms with Crippen LogP contribution in [0.2, 0.25) is 10.0 Å². The summed E-state index contributed by atoms with van der Waals surface area (Å²) in [5.41, 5.74) is 8.62. The summed E-state index contributed by atoms with van der Waals surface area (Å²) in [7, 11) is 1.69. The van der Waals surface area contributed by atoms with Crippen molar-refractivity contribution in [1.29, 1.82) is 0 Å². The summed E-state index contributed by atoms with van der Waals surface area (Å²) in [6, 6.07) is 23.1. The number of primary amides is 1. The third-order valence-electron chi connectivity index (χ3n) is 6.23. The third kappa shape index (κ3) is 5.86. The number of halogens is 2. The lowest BCUT2D eigenvalue weighted by Crippen LogP contribution is -2.26. The van der Waals surface area contributed by atoms with Gasteiger partial charge in [0.05, 0.1) is 15.9 Å². The van der Waals surface area contributed by atoms with Crippen molar-refractivity contribution in [1.82, 2.24) is 9.55 Å². The van der Waals surface area contributed by atoms with Gasteiger partial charge in [0.2, 0.25) is 11.9 Å². The maximum Gasteiger partial charge on any atom is 0.268 e. The minimum Gasteiger partial charge on any atom is -0.370 e. The molecule has 8 nitrogen and oxygen atoms in total. The summed E-state index contributed by atoms with van der Waals surface area (Å²) in [6.07, 6.45) is 0.0567. The monoisotopic (exact) mass is 591 g/mol. The van der Waals surface area contributed by atoms with Crippen molar-refractivity contribution < 1.29 is 14.4 Å².